The molecule has 13 heteroatoms. The van der Waals surface area contributed by atoms with E-state index in [4.69, 9.17) is 4.74 Å². The number of rotatable bonds is 6. The van der Waals surface area contributed by atoms with Gasteiger partial charge in [0.05, 0.1) is 30.8 Å². The molecule has 0 aliphatic carbocycles. The number of ether oxygens (including phenoxy) is 1. The van der Waals surface area contributed by atoms with Crippen LogP contribution < -0.4 is 14.8 Å². The maximum Gasteiger partial charge on any atom is 0.416 e. The highest BCUT2D eigenvalue weighted by Gasteiger charge is 2.31. The number of anilines is 2. The number of nitrogens with one attached hydrogen (secondary N) is 2. The lowest BCUT2D eigenvalue weighted by molar-refractivity contribution is -0.137. The van der Waals surface area contributed by atoms with E-state index >= 15 is 0 Å². The van der Waals surface area contributed by atoms with Gasteiger partial charge < -0.3 is 10.1 Å². The van der Waals surface area contributed by atoms with Crippen molar-refractivity contribution in [1.82, 2.24) is 15.0 Å². The molecule has 2 rings (SSSR count). The zero-order valence-electron chi connectivity index (χ0n) is 13.5. The molecule has 0 atom stereocenters. The third-order valence-corrected chi connectivity index (χ3v) is 3.49. The van der Waals surface area contributed by atoms with Crippen LogP contribution in [0.2, 0.25) is 0 Å². The molecule has 0 spiro atoms. The summed E-state index contributed by atoms with van der Waals surface area (Å²) in [6.45, 7) is -0.454. The molecule has 2 aromatic rings. The zero-order chi connectivity index (χ0) is 19.5. The monoisotopic (exact) mass is 393 g/mol. The van der Waals surface area contributed by atoms with Gasteiger partial charge in [-0.2, -0.15) is 23.1 Å². The lowest BCUT2D eigenvalue weighted by atomic mass is 10.1. The molecule has 9 nitrogen and oxygen atoms in total. The van der Waals surface area contributed by atoms with Gasteiger partial charge >= 0.3 is 6.18 Å². The quantitative estimate of drug-likeness (QED) is 0.765. The maximum absolute atomic E-state index is 12.8. The molecule has 142 valence electrons. The Morgan fingerprint density at radius 1 is 1.35 bits per heavy atom. The average molecular weight is 393 g/mol. The van der Waals surface area contributed by atoms with Crippen LogP contribution in [0.4, 0.5) is 24.7 Å². The predicted octanol–water partition coefficient (Wildman–Crippen LogP) is 1.32. The van der Waals surface area contributed by atoms with Crippen molar-refractivity contribution in [3.05, 3.63) is 30.0 Å². The van der Waals surface area contributed by atoms with Crippen molar-refractivity contribution in [3.63, 3.8) is 0 Å². The maximum atomic E-state index is 12.8. The van der Waals surface area contributed by atoms with Crippen LogP contribution in [0.1, 0.15) is 5.56 Å². The summed E-state index contributed by atoms with van der Waals surface area (Å²) >= 11 is 0. The van der Waals surface area contributed by atoms with Gasteiger partial charge in [-0.15, -0.1) is 5.10 Å². The predicted molar refractivity (Wildman–Crippen MR) is 85.1 cm³/mol. The molecule has 1 aromatic carbocycles. The average Bonchev–Trinajstić information content (AvgIpc) is 2.90. The van der Waals surface area contributed by atoms with Gasteiger partial charge in [-0.05, 0) is 18.2 Å². The van der Waals surface area contributed by atoms with Crippen molar-refractivity contribution in [1.29, 1.82) is 0 Å². The Morgan fingerprint density at radius 2 is 2.04 bits per heavy atom. The van der Waals surface area contributed by atoms with E-state index in [0.717, 1.165) is 35.4 Å². The fourth-order valence-electron chi connectivity index (χ4n) is 1.91. The van der Waals surface area contributed by atoms with Gasteiger partial charge in [0, 0.05) is 0 Å². The molecule has 0 aliphatic heterocycles. The number of hydrogen-bond acceptors (Lipinski definition) is 6. The Hall–Kier alpha value is -2.83. The Labute approximate surface area is 146 Å². The largest absolute Gasteiger partial charge is 0.495 e. The molecule has 0 saturated carbocycles. The van der Waals surface area contributed by atoms with Crippen LogP contribution >= 0.6 is 0 Å². The number of sulfonamides is 1. The second-order valence-electron chi connectivity index (χ2n) is 5.10. The molecule has 0 aliphatic rings. The highest BCUT2D eigenvalue weighted by molar-refractivity contribution is 7.92. The summed E-state index contributed by atoms with van der Waals surface area (Å²) in [5.41, 5.74) is -1.13. The van der Waals surface area contributed by atoms with Crippen LogP contribution in [-0.4, -0.2) is 42.7 Å². The molecule has 26 heavy (non-hydrogen) atoms. The van der Waals surface area contributed by atoms with Crippen molar-refractivity contribution < 1.29 is 31.1 Å². The van der Waals surface area contributed by atoms with Crippen molar-refractivity contribution in [2.45, 2.75) is 12.7 Å². The van der Waals surface area contributed by atoms with E-state index in [1.54, 1.807) is 0 Å². The van der Waals surface area contributed by atoms with Gasteiger partial charge in [-0.25, -0.2) is 8.42 Å². The van der Waals surface area contributed by atoms with Crippen LogP contribution in [0, 0.1) is 0 Å². The van der Waals surface area contributed by atoms with E-state index < -0.39 is 34.2 Å². The topological polar surface area (TPSA) is 115 Å². The first-order valence-corrected chi connectivity index (χ1v) is 8.80. The summed E-state index contributed by atoms with van der Waals surface area (Å²) < 4.78 is 67.5. The van der Waals surface area contributed by atoms with E-state index in [1.165, 1.54) is 7.11 Å². The Bertz CT molecular complexity index is 911. The van der Waals surface area contributed by atoms with Gasteiger partial charge in [0.15, 0.2) is 5.82 Å². The zero-order valence-corrected chi connectivity index (χ0v) is 14.3. The molecule has 0 radical (unpaired) electrons. The molecule has 2 N–H and O–H groups in total. The summed E-state index contributed by atoms with van der Waals surface area (Å²) in [4.78, 5) is 12.9. The normalized spacial score (nSPS) is 11.9. The van der Waals surface area contributed by atoms with E-state index in [9.17, 15) is 26.4 Å². The number of nitrogens with zero attached hydrogens (tertiary/aromatic N) is 3. The molecule has 0 unspecified atom stereocenters. The van der Waals surface area contributed by atoms with E-state index in [0.29, 0.717) is 0 Å². The molecule has 1 amide bonds. The van der Waals surface area contributed by atoms with Crippen LogP contribution in [0.25, 0.3) is 0 Å². The van der Waals surface area contributed by atoms with Gasteiger partial charge in [-0.1, -0.05) is 0 Å². The number of carbonyl (C=O) groups excluding carboxylic acids is 1. The smallest absolute Gasteiger partial charge is 0.416 e. The molecule has 1 aromatic heterocycles. The van der Waals surface area contributed by atoms with Crippen molar-refractivity contribution >= 4 is 27.4 Å². The third-order valence-electron chi connectivity index (χ3n) is 2.91. The molecular weight excluding hydrogens is 379 g/mol. The standard InChI is InChI=1S/C13H14F3N5O4S/c1-25-10-4-3-8(13(14,15)16)5-9(10)18-12(22)7-21-17-6-11(19-21)20-26(2,23)24/h3-6H,7H2,1-2H3,(H,18,22)(H,19,20). The first kappa shape index (κ1) is 19.5. The first-order chi connectivity index (χ1) is 12.0. The van der Waals surface area contributed by atoms with Gasteiger partial charge in [-0.3, -0.25) is 9.52 Å². The number of amides is 1. The first-order valence-electron chi connectivity index (χ1n) is 6.91. The summed E-state index contributed by atoms with van der Waals surface area (Å²) in [7, 11) is -2.31. The van der Waals surface area contributed by atoms with E-state index in [-0.39, 0.29) is 17.3 Å². The minimum atomic E-state index is -4.58. The van der Waals surface area contributed by atoms with Gasteiger partial charge in [0.2, 0.25) is 15.9 Å². The summed E-state index contributed by atoms with van der Waals surface area (Å²) in [6, 6.07) is 2.65. The second-order valence-corrected chi connectivity index (χ2v) is 6.84. The fourth-order valence-corrected chi connectivity index (χ4v) is 2.38. The Balaban J connectivity index is 2.12. The second kappa shape index (κ2) is 7.19. The van der Waals surface area contributed by atoms with Gasteiger partial charge in [0.25, 0.3) is 0 Å². The van der Waals surface area contributed by atoms with Crippen LogP contribution in [0.3, 0.4) is 0 Å². The molecule has 0 bridgehead atoms. The lowest BCUT2D eigenvalue weighted by Crippen LogP contribution is -2.21. The number of hydrogen-bond donors (Lipinski definition) is 2. The number of halogens is 3. The van der Waals surface area contributed by atoms with Crippen molar-refractivity contribution in [2.75, 3.05) is 23.4 Å². The summed E-state index contributed by atoms with van der Waals surface area (Å²) in [5, 5.41) is 9.68. The molecule has 1 heterocycles. The number of alkyl halides is 3. The Morgan fingerprint density at radius 3 is 2.62 bits per heavy atom. The van der Waals surface area contributed by atoms with Crippen molar-refractivity contribution in [3.8, 4) is 5.75 Å². The SMILES string of the molecule is COc1ccc(C(F)(F)F)cc1NC(=O)Cn1ncc(NS(C)(=O)=O)n1. The van der Waals surface area contributed by atoms with Crippen molar-refractivity contribution in [2.24, 2.45) is 0 Å². The molecular formula is C13H14F3N5O4S. The minimum Gasteiger partial charge on any atom is -0.495 e. The van der Waals surface area contributed by atoms with E-state index in [1.807, 2.05) is 0 Å². The number of methoxy groups -OCH3 is 1. The van der Waals surface area contributed by atoms with Crippen LogP contribution in [0.5, 0.6) is 5.75 Å². The van der Waals surface area contributed by atoms with Gasteiger partial charge in [0.1, 0.15) is 12.3 Å². The lowest BCUT2D eigenvalue weighted by Gasteiger charge is -2.13. The van der Waals surface area contributed by atoms with E-state index in [2.05, 4.69) is 20.2 Å². The number of carbonyl (C=O) groups is 1. The molecule has 0 saturated heterocycles. The highest BCUT2D eigenvalue weighted by Crippen LogP contribution is 2.34. The highest BCUT2D eigenvalue weighted by atomic mass is 32.2. The fraction of sp³-hybridized carbons (Fsp3) is 0.308. The summed E-state index contributed by atoms with van der Waals surface area (Å²) in [5.74, 6) is -0.791. The minimum absolute atomic E-state index is 0.0409. The number of aromatic nitrogens is 3. The summed E-state index contributed by atoms with van der Waals surface area (Å²) in [6.07, 6.45) is -2.58. The Kier molecular flexibility index (Phi) is 5.39. The third kappa shape index (κ3) is 5.34. The number of benzene rings is 1. The molecule has 0 fully saturated rings. The van der Waals surface area contributed by atoms with Crippen LogP contribution in [-0.2, 0) is 27.5 Å². The van der Waals surface area contributed by atoms with Crippen LogP contribution in [0.15, 0.2) is 24.4 Å².